The van der Waals surface area contributed by atoms with E-state index in [9.17, 15) is 24.5 Å². The Morgan fingerprint density at radius 1 is 0.814 bits per heavy atom. The van der Waals surface area contributed by atoms with Gasteiger partial charge in [0.2, 0.25) is 0 Å². The van der Waals surface area contributed by atoms with Crippen molar-refractivity contribution in [3.8, 4) is 5.75 Å². The van der Waals surface area contributed by atoms with Crippen LogP contribution in [0.5, 0.6) is 5.75 Å². The number of rotatable bonds is 10. The average molecular weight is 578 g/mol. The van der Waals surface area contributed by atoms with Gasteiger partial charge in [-0.15, -0.1) is 0 Å². The second kappa shape index (κ2) is 14.0. The molecule has 0 bridgehead atoms. The molecule has 0 aromatic heterocycles. The van der Waals surface area contributed by atoms with Crippen LogP contribution in [0.2, 0.25) is 0 Å². The Hall–Kier alpha value is -6.10. The summed E-state index contributed by atoms with van der Waals surface area (Å²) in [4.78, 5) is 50.3. The second-order valence-corrected chi connectivity index (χ2v) is 9.33. The predicted molar refractivity (Wildman–Crippen MR) is 163 cm³/mol. The number of carbonyl (C=O) groups is 3. The summed E-state index contributed by atoms with van der Waals surface area (Å²) in [7, 11) is 3.84. The lowest BCUT2D eigenvalue weighted by molar-refractivity contribution is -0.384. The third-order valence-corrected chi connectivity index (χ3v) is 6.03. The van der Waals surface area contributed by atoms with Gasteiger partial charge in [-0.3, -0.25) is 19.7 Å². The van der Waals surface area contributed by atoms with Gasteiger partial charge in [-0.1, -0.05) is 30.3 Å². The van der Waals surface area contributed by atoms with Crippen LogP contribution in [0.15, 0.2) is 114 Å². The zero-order valence-corrected chi connectivity index (χ0v) is 23.3. The molecule has 4 aromatic carbocycles. The maximum atomic E-state index is 13.0. The molecule has 11 heteroatoms. The van der Waals surface area contributed by atoms with E-state index in [0.29, 0.717) is 16.7 Å². The molecule has 0 saturated carbocycles. The number of nitrogens with zero attached hydrogens (tertiary/aromatic N) is 3. The summed E-state index contributed by atoms with van der Waals surface area (Å²) in [5.74, 6) is -1.50. The first-order valence-electron chi connectivity index (χ1n) is 13.0. The number of hydrazone groups is 1. The van der Waals surface area contributed by atoms with Crippen molar-refractivity contribution in [2.45, 2.75) is 0 Å². The maximum absolute atomic E-state index is 13.0. The van der Waals surface area contributed by atoms with Gasteiger partial charge >= 0.3 is 5.97 Å². The molecular formula is C32H27N5O6. The molecule has 0 unspecified atom stereocenters. The molecule has 0 saturated heterocycles. The van der Waals surface area contributed by atoms with Crippen molar-refractivity contribution in [3.63, 3.8) is 0 Å². The molecular weight excluding hydrogens is 550 g/mol. The van der Waals surface area contributed by atoms with Gasteiger partial charge in [-0.25, -0.2) is 10.2 Å². The third kappa shape index (κ3) is 8.44. The number of nitro groups is 1. The van der Waals surface area contributed by atoms with Gasteiger partial charge in [0, 0.05) is 37.5 Å². The Labute approximate surface area is 247 Å². The van der Waals surface area contributed by atoms with E-state index in [-0.39, 0.29) is 22.7 Å². The zero-order chi connectivity index (χ0) is 30.8. The number of hydrogen-bond acceptors (Lipinski definition) is 8. The zero-order valence-electron chi connectivity index (χ0n) is 23.3. The van der Waals surface area contributed by atoms with Gasteiger partial charge in [0.25, 0.3) is 17.5 Å². The van der Waals surface area contributed by atoms with Gasteiger partial charge in [-0.2, -0.15) is 5.10 Å². The van der Waals surface area contributed by atoms with E-state index in [1.165, 1.54) is 42.6 Å². The van der Waals surface area contributed by atoms with Gasteiger partial charge in [0.15, 0.2) is 0 Å². The van der Waals surface area contributed by atoms with E-state index in [4.69, 9.17) is 4.74 Å². The molecule has 0 heterocycles. The minimum absolute atomic E-state index is 0.00268. The lowest BCUT2D eigenvalue weighted by atomic mass is 10.1. The van der Waals surface area contributed by atoms with E-state index in [0.717, 1.165) is 5.69 Å². The number of carbonyl (C=O) groups excluding carboxylic acids is 3. The summed E-state index contributed by atoms with van der Waals surface area (Å²) >= 11 is 0. The Bertz CT molecular complexity index is 1660. The molecule has 2 amide bonds. The maximum Gasteiger partial charge on any atom is 0.343 e. The molecule has 0 fully saturated rings. The standard InChI is InChI=1S/C32H27N5O6/c1-36(2)26-14-8-22(9-15-26)20-29(34-30(38)24-6-4-3-5-7-24)31(39)35-33-21-23-10-18-28(19-11-23)43-32(40)25-12-16-27(17-13-25)37(41)42/h3-21H,1-2H3,(H,34,38)(H,35,39). The first kappa shape index (κ1) is 29.9. The van der Waals surface area contributed by atoms with Crippen molar-refractivity contribution >= 4 is 41.4 Å². The summed E-state index contributed by atoms with van der Waals surface area (Å²) < 4.78 is 5.31. The molecule has 2 N–H and O–H groups in total. The number of esters is 1. The largest absolute Gasteiger partial charge is 0.423 e. The average Bonchev–Trinajstić information content (AvgIpc) is 3.02. The summed E-state index contributed by atoms with van der Waals surface area (Å²) in [6.07, 6.45) is 2.95. The van der Waals surface area contributed by atoms with E-state index < -0.39 is 22.7 Å². The van der Waals surface area contributed by atoms with Crippen LogP contribution in [0.3, 0.4) is 0 Å². The number of benzene rings is 4. The van der Waals surface area contributed by atoms with E-state index in [2.05, 4.69) is 15.8 Å². The van der Waals surface area contributed by atoms with Crippen molar-refractivity contribution in [2.75, 3.05) is 19.0 Å². The van der Waals surface area contributed by atoms with Gasteiger partial charge < -0.3 is 15.0 Å². The number of nitrogens with one attached hydrogen (secondary N) is 2. The second-order valence-electron chi connectivity index (χ2n) is 9.33. The molecule has 0 aliphatic rings. The number of non-ortho nitro benzene ring substituents is 1. The highest BCUT2D eigenvalue weighted by atomic mass is 16.6. The minimum Gasteiger partial charge on any atom is -0.423 e. The summed E-state index contributed by atoms with van der Waals surface area (Å²) in [6, 6.07) is 27.4. The number of ether oxygens (including phenoxy) is 1. The van der Waals surface area contributed by atoms with E-state index in [1.807, 2.05) is 43.3 Å². The molecule has 0 atom stereocenters. The van der Waals surface area contributed by atoms with Crippen molar-refractivity contribution in [2.24, 2.45) is 5.10 Å². The first-order valence-corrected chi connectivity index (χ1v) is 13.0. The quantitative estimate of drug-likeness (QED) is 0.0688. The van der Waals surface area contributed by atoms with Crippen LogP contribution >= 0.6 is 0 Å². The van der Waals surface area contributed by atoms with Gasteiger partial charge in [0.05, 0.1) is 16.7 Å². The summed E-state index contributed by atoms with van der Waals surface area (Å²) in [5.41, 5.74) is 5.12. The monoisotopic (exact) mass is 577 g/mol. The normalized spacial score (nSPS) is 11.1. The minimum atomic E-state index is -0.670. The Balaban J connectivity index is 1.42. The fourth-order valence-electron chi connectivity index (χ4n) is 3.71. The number of hydrogen-bond donors (Lipinski definition) is 2. The highest BCUT2D eigenvalue weighted by Gasteiger charge is 2.15. The molecule has 0 radical (unpaired) electrons. The molecule has 11 nitrogen and oxygen atoms in total. The van der Waals surface area contributed by atoms with Gasteiger partial charge in [0.1, 0.15) is 11.4 Å². The molecule has 0 aliphatic heterocycles. The fourth-order valence-corrected chi connectivity index (χ4v) is 3.71. The highest BCUT2D eigenvalue weighted by molar-refractivity contribution is 6.05. The lowest BCUT2D eigenvalue weighted by Gasteiger charge is -2.12. The Morgan fingerprint density at radius 3 is 2.05 bits per heavy atom. The molecule has 4 aromatic rings. The van der Waals surface area contributed by atoms with Crippen LogP contribution < -0.4 is 20.4 Å². The third-order valence-electron chi connectivity index (χ3n) is 6.03. The molecule has 0 spiro atoms. The Kier molecular flexibility index (Phi) is 9.72. The number of anilines is 1. The number of nitro benzene ring substituents is 1. The summed E-state index contributed by atoms with van der Waals surface area (Å²) in [5, 5.41) is 17.4. The van der Waals surface area contributed by atoms with Crippen molar-refractivity contribution in [1.82, 2.24) is 10.7 Å². The van der Waals surface area contributed by atoms with Crippen molar-refractivity contribution in [3.05, 3.63) is 141 Å². The number of amides is 2. The lowest BCUT2D eigenvalue weighted by Crippen LogP contribution is -2.32. The van der Waals surface area contributed by atoms with Crippen LogP contribution in [0.25, 0.3) is 6.08 Å². The highest BCUT2D eigenvalue weighted by Crippen LogP contribution is 2.17. The Morgan fingerprint density at radius 2 is 1.44 bits per heavy atom. The van der Waals surface area contributed by atoms with Crippen molar-refractivity contribution < 1.29 is 24.0 Å². The first-order chi connectivity index (χ1) is 20.7. The molecule has 4 rings (SSSR count). The van der Waals surface area contributed by atoms with Crippen LogP contribution in [-0.2, 0) is 4.79 Å². The van der Waals surface area contributed by atoms with Crippen LogP contribution in [-0.4, -0.2) is 43.0 Å². The smallest absolute Gasteiger partial charge is 0.343 e. The fraction of sp³-hybridized carbons (Fsp3) is 0.0625. The van der Waals surface area contributed by atoms with Crippen LogP contribution in [0, 0.1) is 10.1 Å². The van der Waals surface area contributed by atoms with E-state index >= 15 is 0 Å². The predicted octanol–water partition coefficient (Wildman–Crippen LogP) is 4.80. The van der Waals surface area contributed by atoms with E-state index in [1.54, 1.807) is 48.5 Å². The topological polar surface area (TPSA) is 143 Å². The van der Waals surface area contributed by atoms with Crippen LogP contribution in [0.4, 0.5) is 11.4 Å². The molecule has 216 valence electrons. The van der Waals surface area contributed by atoms with Gasteiger partial charge in [-0.05, 0) is 77.9 Å². The SMILES string of the molecule is CN(C)c1ccc(C=C(NC(=O)c2ccccc2)C(=O)NN=Cc2ccc(OC(=O)c3ccc([N+](=O)[O-])cc3)cc2)cc1. The van der Waals surface area contributed by atoms with Crippen molar-refractivity contribution in [1.29, 1.82) is 0 Å². The molecule has 43 heavy (non-hydrogen) atoms. The summed E-state index contributed by atoms with van der Waals surface area (Å²) in [6.45, 7) is 0. The van der Waals surface area contributed by atoms with Crippen LogP contribution in [0.1, 0.15) is 31.8 Å². The molecule has 0 aliphatic carbocycles.